The van der Waals surface area contributed by atoms with Crippen molar-refractivity contribution >= 4 is 12.0 Å². The average molecular weight is 194 g/mol. The topological polar surface area (TPSA) is 26.3 Å². The Hall–Kier alpha value is -1.64. The van der Waals surface area contributed by atoms with Gasteiger partial charge in [0.15, 0.2) is 0 Å². The van der Waals surface area contributed by atoms with Crippen molar-refractivity contribution in [3.8, 4) is 0 Å². The Balaban J connectivity index is 2.87. The second kappa shape index (κ2) is 5.17. The molecule has 0 unspecified atom stereocenters. The van der Waals surface area contributed by atoms with Crippen molar-refractivity contribution in [1.29, 1.82) is 0 Å². The molecule has 0 amide bonds. The molecule has 0 saturated heterocycles. The normalized spacial score (nSPS) is 10.4. The lowest BCUT2D eigenvalue weighted by atomic mass is 10.1. The SMILES string of the molecule is CCOC(=O)c1cccc(C=CF)c1. The van der Waals surface area contributed by atoms with E-state index in [0.29, 0.717) is 24.1 Å². The highest BCUT2D eigenvalue weighted by Gasteiger charge is 2.05. The summed E-state index contributed by atoms with van der Waals surface area (Å²) < 4.78 is 16.7. The van der Waals surface area contributed by atoms with Crippen LogP contribution in [0.25, 0.3) is 6.08 Å². The third-order valence-corrected chi connectivity index (χ3v) is 1.65. The number of carbonyl (C=O) groups excluding carboxylic acids is 1. The van der Waals surface area contributed by atoms with Gasteiger partial charge >= 0.3 is 5.97 Å². The molecule has 1 aromatic carbocycles. The lowest BCUT2D eigenvalue weighted by Crippen LogP contribution is -2.04. The Morgan fingerprint density at radius 2 is 2.36 bits per heavy atom. The summed E-state index contributed by atoms with van der Waals surface area (Å²) in [6, 6.07) is 6.60. The predicted molar refractivity (Wildman–Crippen MR) is 52.5 cm³/mol. The van der Waals surface area contributed by atoms with Crippen LogP contribution in [0.3, 0.4) is 0 Å². The first kappa shape index (κ1) is 10.4. The molecule has 0 atom stereocenters. The number of hydrogen-bond acceptors (Lipinski definition) is 2. The van der Waals surface area contributed by atoms with E-state index in [1.807, 2.05) is 0 Å². The van der Waals surface area contributed by atoms with Gasteiger partial charge in [-0.3, -0.25) is 0 Å². The van der Waals surface area contributed by atoms with Crippen LogP contribution < -0.4 is 0 Å². The first-order valence-electron chi connectivity index (χ1n) is 4.32. The minimum absolute atomic E-state index is 0.335. The van der Waals surface area contributed by atoms with Crippen LogP contribution in [0.1, 0.15) is 22.8 Å². The van der Waals surface area contributed by atoms with Crippen molar-refractivity contribution in [2.45, 2.75) is 6.92 Å². The van der Waals surface area contributed by atoms with Crippen LogP contribution in [-0.2, 0) is 4.74 Å². The molecule has 2 nitrogen and oxygen atoms in total. The van der Waals surface area contributed by atoms with Crippen LogP contribution in [0.2, 0.25) is 0 Å². The number of esters is 1. The number of benzene rings is 1. The minimum Gasteiger partial charge on any atom is -0.462 e. The molecule has 0 heterocycles. The summed E-state index contributed by atoms with van der Waals surface area (Å²) in [5.74, 6) is -0.387. The molecule has 0 bridgehead atoms. The average Bonchev–Trinajstić information content (AvgIpc) is 2.19. The monoisotopic (exact) mass is 194 g/mol. The molecule has 0 spiro atoms. The lowest BCUT2D eigenvalue weighted by molar-refractivity contribution is 0.0526. The molecule has 0 aromatic heterocycles. The second-order valence-corrected chi connectivity index (χ2v) is 2.64. The molecule has 3 heteroatoms. The van der Waals surface area contributed by atoms with Gasteiger partial charge in [-0.1, -0.05) is 12.1 Å². The molecule has 74 valence electrons. The summed E-state index contributed by atoms with van der Waals surface area (Å²) in [5.41, 5.74) is 1.07. The molecule has 0 saturated carbocycles. The smallest absolute Gasteiger partial charge is 0.338 e. The summed E-state index contributed by atoms with van der Waals surface area (Å²) in [5, 5.41) is 0. The molecule has 14 heavy (non-hydrogen) atoms. The summed E-state index contributed by atoms with van der Waals surface area (Å²) in [4.78, 5) is 11.3. The van der Waals surface area contributed by atoms with Gasteiger partial charge in [0.1, 0.15) is 0 Å². The van der Waals surface area contributed by atoms with Gasteiger partial charge in [-0.05, 0) is 30.7 Å². The largest absolute Gasteiger partial charge is 0.462 e. The van der Waals surface area contributed by atoms with Crippen molar-refractivity contribution < 1.29 is 13.9 Å². The molecule has 1 aromatic rings. The van der Waals surface area contributed by atoms with Crippen LogP contribution >= 0.6 is 0 Å². The first-order chi connectivity index (χ1) is 6.77. The zero-order valence-corrected chi connectivity index (χ0v) is 7.87. The van der Waals surface area contributed by atoms with Crippen molar-refractivity contribution in [3.63, 3.8) is 0 Å². The van der Waals surface area contributed by atoms with Crippen molar-refractivity contribution in [3.05, 3.63) is 41.7 Å². The van der Waals surface area contributed by atoms with Crippen molar-refractivity contribution in [2.75, 3.05) is 6.61 Å². The summed E-state index contributed by atoms with van der Waals surface area (Å²) in [6.07, 6.45) is 1.72. The van der Waals surface area contributed by atoms with Gasteiger partial charge in [0.05, 0.1) is 18.5 Å². The third-order valence-electron chi connectivity index (χ3n) is 1.65. The number of ether oxygens (including phenoxy) is 1. The Morgan fingerprint density at radius 3 is 3.00 bits per heavy atom. The van der Waals surface area contributed by atoms with Crippen LogP contribution in [-0.4, -0.2) is 12.6 Å². The fraction of sp³-hybridized carbons (Fsp3) is 0.182. The number of carbonyl (C=O) groups is 1. The second-order valence-electron chi connectivity index (χ2n) is 2.64. The van der Waals surface area contributed by atoms with Gasteiger partial charge in [0, 0.05) is 0 Å². The van der Waals surface area contributed by atoms with Crippen molar-refractivity contribution in [2.24, 2.45) is 0 Å². The van der Waals surface area contributed by atoms with Gasteiger partial charge in [0.25, 0.3) is 0 Å². The highest BCUT2D eigenvalue weighted by Crippen LogP contribution is 2.08. The van der Waals surface area contributed by atoms with Gasteiger partial charge in [-0.2, -0.15) is 0 Å². The molecule has 0 aliphatic carbocycles. The van der Waals surface area contributed by atoms with Gasteiger partial charge in [0.2, 0.25) is 0 Å². The maximum atomic E-state index is 11.9. The first-order valence-corrected chi connectivity index (χ1v) is 4.32. The summed E-state index contributed by atoms with van der Waals surface area (Å²) in [7, 11) is 0. The van der Waals surface area contributed by atoms with E-state index in [-0.39, 0.29) is 5.97 Å². The Morgan fingerprint density at radius 1 is 1.57 bits per heavy atom. The number of rotatable bonds is 3. The zero-order valence-electron chi connectivity index (χ0n) is 7.87. The van der Waals surface area contributed by atoms with Crippen LogP contribution in [0.4, 0.5) is 4.39 Å². The molecule has 0 aliphatic rings. The van der Waals surface area contributed by atoms with E-state index in [4.69, 9.17) is 4.74 Å². The molecule has 1 rings (SSSR count). The van der Waals surface area contributed by atoms with E-state index in [0.717, 1.165) is 0 Å². The van der Waals surface area contributed by atoms with E-state index < -0.39 is 0 Å². The maximum absolute atomic E-state index is 11.9. The fourth-order valence-corrected chi connectivity index (χ4v) is 1.06. The standard InChI is InChI=1S/C11H11FO2/c1-2-14-11(13)10-5-3-4-9(8-10)6-7-12/h3-8H,2H2,1H3. The summed E-state index contributed by atoms with van der Waals surface area (Å²) >= 11 is 0. The van der Waals surface area contributed by atoms with E-state index >= 15 is 0 Å². The van der Waals surface area contributed by atoms with Crippen LogP contribution in [0.5, 0.6) is 0 Å². The molecule has 0 aliphatic heterocycles. The maximum Gasteiger partial charge on any atom is 0.338 e. The fourth-order valence-electron chi connectivity index (χ4n) is 1.06. The highest BCUT2D eigenvalue weighted by atomic mass is 19.1. The Kier molecular flexibility index (Phi) is 3.85. The molecule has 0 fully saturated rings. The minimum atomic E-state index is -0.387. The van der Waals surface area contributed by atoms with E-state index in [2.05, 4.69) is 0 Å². The Bertz CT molecular complexity index is 345. The highest BCUT2D eigenvalue weighted by molar-refractivity contribution is 5.90. The quantitative estimate of drug-likeness (QED) is 0.691. The number of hydrogen-bond donors (Lipinski definition) is 0. The van der Waals surface area contributed by atoms with Gasteiger partial charge in [-0.15, -0.1) is 0 Å². The Labute approximate surface area is 82.0 Å². The lowest BCUT2D eigenvalue weighted by Gasteiger charge is -2.01. The molecular formula is C11H11FO2. The number of halogens is 1. The van der Waals surface area contributed by atoms with Crippen LogP contribution in [0.15, 0.2) is 30.6 Å². The summed E-state index contributed by atoms with van der Waals surface area (Å²) in [6.45, 7) is 2.07. The van der Waals surface area contributed by atoms with E-state index in [1.165, 1.54) is 6.08 Å². The molecular weight excluding hydrogens is 183 g/mol. The van der Waals surface area contributed by atoms with Gasteiger partial charge < -0.3 is 4.74 Å². The predicted octanol–water partition coefficient (Wildman–Crippen LogP) is 2.80. The van der Waals surface area contributed by atoms with Crippen molar-refractivity contribution in [1.82, 2.24) is 0 Å². The van der Waals surface area contributed by atoms with E-state index in [9.17, 15) is 9.18 Å². The third kappa shape index (κ3) is 2.69. The van der Waals surface area contributed by atoms with Crippen LogP contribution in [0, 0.1) is 0 Å². The van der Waals surface area contributed by atoms with Gasteiger partial charge in [-0.25, -0.2) is 9.18 Å². The molecule has 0 N–H and O–H groups in total. The zero-order chi connectivity index (χ0) is 10.4. The van der Waals surface area contributed by atoms with E-state index in [1.54, 1.807) is 31.2 Å². The molecule has 0 radical (unpaired) electrons.